The van der Waals surface area contributed by atoms with Crippen molar-refractivity contribution < 1.29 is 9.90 Å². The number of aromatic hydroxyl groups is 1. The molecule has 0 aliphatic rings. The van der Waals surface area contributed by atoms with Gasteiger partial charge in [0.05, 0.1) is 5.69 Å². The predicted octanol–water partition coefficient (Wildman–Crippen LogP) is 1.40. The van der Waals surface area contributed by atoms with Crippen LogP contribution in [0.3, 0.4) is 0 Å². The van der Waals surface area contributed by atoms with E-state index in [4.69, 9.17) is 11.6 Å². The van der Waals surface area contributed by atoms with E-state index in [1.54, 1.807) is 0 Å². The lowest BCUT2D eigenvalue weighted by Gasteiger charge is -2.04. The number of anilines is 1. The number of aromatic nitrogens is 1. The summed E-state index contributed by atoms with van der Waals surface area (Å²) in [4.78, 5) is 14.2. The molecule has 5 heteroatoms. The standard InChI is InChI=1S/C7H7ClN2O2/c1-4(11)10-5-2-3-9-7(8)6(5)12/h2-3,12H,1H3,(H,9,10,11). The predicted molar refractivity (Wildman–Crippen MR) is 45.2 cm³/mol. The van der Waals surface area contributed by atoms with Crippen LogP contribution in [-0.4, -0.2) is 16.0 Å². The van der Waals surface area contributed by atoms with Gasteiger partial charge in [0, 0.05) is 13.1 Å². The zero-order valence-corrected chi connectivity index (χ0v) is 7.09. The third kappa shape index (κ3) is 1.85. The zero-order valence-electron chi connectivity index (χ0n) is 6.34. The highest BCUT2D eigenvalue weighted by Crippen LogP contribution is 2.28. The second-order valence-corrected chi connectivity index (χ2v) is 2.54. The first-order valence-corrected chi connectivity index (χ1v) is 3.60. The average Bonchev–Trinajstić information content (AvgIpc) is 1.98. The lowest BCUT2D eigenvalue weighted by Crippen LogP contribution is -2.05. The van der Waals surface area contributed by atoms with Gasteiger partial charge in [0.25, 0.3) is 0 Å². The summed E-state index contributed by atoms with van der Waals surface area (Å²) in [5, 5.41) is 11.6. The van der Waals surface area contributed by atoms with Gasteiger partial charge in [-0.15, -0.1) is 0 Å². The first-order chi connectivity index (χ1) is 5.61. The van der Waals surface area contributed by atoms with Crippen molar-refractivity contribution in [2.75, 3.05) is 5.32 Å². The lowest BCUT2D eigenvalue weighted by atomic mass is 10.4. The SMILES string of the molecule is CC(=O)Nc1ccnc(Cl)c1O. The first kappa shape index (κ1) is 8.80. The van der Waals surface area contributed by atoms with Crippen LogP contribution in [-0.2, 0) is 4.79 Å². The Balaban J connectivity index is 3.00. The van der Waals surface area contributed by atoms with Gasteiger partial charge in [0.15, 0.2) is 10.9 Å². The maximum atomic E-state index is 10.6. The van der Waals surface area contributed by atoms with Crippen LogP contribution in [0.4, 0.5) is 5.69 Å². The first-order valence-electron chi connectivity index (χ1n) is 3.22. The molecule has 0 aliphatic heterocycles. The minimum Gasteiger partial charge on any atom is -0.503 e. The Morgan fingerprint density at radius 3 is 3.00 bits per heavy atom. The van der Waals surface area contributed by atoms with Gasteiger partial charge in [-0.1, -0.05) is 11.6 Å². The highest BCUT2D eigenvalue weighted by molar-refractivity contribution is 6.31. The van der Waals surface area contributed by atoms with Crippen LogP contribution in [0, 0.1) is 0 Å². The van der Waals surface area contributed by atoms with Crippen molar-refractivity contribution in [2.45, 2.75) is 6.92 Å². The molecule has 1 rings (SSSR count). The number of amides is 1. The number of rotatable bonds is 1. The Morgan fingerprint density at radius 2 is 2.42 bits per heavy atom. The normalized spacial score (nSPS) is 9.50. The molecule has 0 saturated heterocycles. The van der Waals surface area contributed by atoms with Crippen LogP contribution < -0.4 is 5.32 Å². The Kier molecular flexibility index (Phi) is 2.50. The summed E-state index contributed by atoms with van der Waals surface area (Å²) in [7, 11) is 0. The summed E-state index contributed by atoms with van der Waals surface area (Å²) < 4.78 is 0. The van der Waals surface area contributed by atoms with Gasteiger partial charge in [0.2, 0.25) is 5.91 Å². The molecule has 0 atom stereocenters. The molecule has 1 amide bonds. The third-order valence-electron chi connectivity index (χ3n) is 1.19. The van der Waals surface area contributed by atoms with E-state index in [9.17, 15) is 9.90 Å². The second kappa shape index (κ2) is 3.40. The smallest absolute Gasteiger partial charge is 0.221 e. The minimum atomic E-state index is -0.271. The Hall–Kier alpha value is -1.29. The van der Waals surface area contributed by atoms with Crippen molar-refractivity contribution in [3.63, 3.8) is 0 Å². The van der Waals surface area contributed by atoms with E-state index in [1.165, 1.54) is 19.2 Å². The number of nitrogens with zero attached hydrogens (tertiary/aromatic N) is 1. The van der Waals surface area contributed by atoms with Crippen molar-refractivity contribution in [3.8, 4) is 5.75 Å². The van der Waals surface area contributed by atoms with E-state index in [1.807, 2.05) is 0 Å². The number of carbonyl (C=O) groups is 1. The molecular formula is C7H7ClN2O2. The van der Waals surface area contributed by atoms with Gasteiger partial charge < -0.3 is 10.4 Å². The molecule has 12 heavy (non-hydrogen) atoms. The molecule has 0 saturated carbocycles. The molecule has 0 aromatic carbocycles. The van der Waals surface area contributed by atoms with Gasteiger partial charge >= 0.3 is 0 Å². The van der Waals surface area contributed by atoms with E-state index in [2.05, 4.69) is 10.3 Å². The molecule has 0 unspecified atom stereocenters. The van der Waals surface area contributed by atoms with Crippen molar-refractivity contribution in [1.29, 1.82) is 0 Å². The van der Waals surface area contributed by atoms with Gasteiger partial charge in [-0.3, -0.25) is 4.79 Å². The molecule has 1 heterocycles. The summed E-state index contributed by atoms with van der Waals surface area (Å²) in [5.74, 6) is -0.484. The van der Waals surface area contributed by atoms with Gasteiger partial charge in [-0.05, 0) is 6.07 Å². The summed E-state index contributed by atoms with van der Waals surface area (Å²) >= 11 is 5.48. The van der Waals surface area contributed by atoms with Crippen LogP contribution in [0.15, 0.2) is 12.3 Å². The van der Waals surface area contributed by atoms with Crippen LogP contribution in [0.25, 0.3) is 0 Å². The van der Waals surface area contributed by atoms with E-state index in [0.717, 1.165) is 0 Å². The summed E-state index contributed by atoms with van der Waals surface area (Å²) in [5.41, 5.74) is 0.266. The second-order valence-electron chi connectivity index (χ2n) is 2.18. The highest BCUT2D eigenvalue weighted by Gasteiger charge is 2.06. The molecular weight excluding hydrogens is 180 g/mol. The molecule has 64 valence electrons. The molecule has 0 bridgehead atoms. The van der Waals surface area contributed by atoms with E-state index < -0.39 is 0 Å². The van der Waals surface area contributed by atoms with E-state index in [-0.39, 0.29) is 22.5 Å². The number of hydrogen-bond acceptors (Lipinski definition) is 3. The Bertz CT molecular complexity index is 314. The lowest BCUT2D eigenvalue weighted by molar-refractivity contribution is -0.114. The summed E-state index contributed by atoms with van der Waals surface area (Å²) in [6.45, 7) is 1.34. The van der Waals surface area contributed by atoms with Gasteiger partial charge in [-0.25, -0.2) is 4.98 Å². The molecule has 0 radical (unpaired) electrons. The molecule has 4 nitrogen and oxygen atoms in total. The fourth-order valence-electron chi connectivity index (χ4n) is 0.719. The van der Waals surface area contributed by atoms with E-state index in [0.29, 0.717) is 0 Å². The third-order valence-corrected chi connectivity index (χ3v) is 1.47. The number of nitrogens with one attached hydrogen (secondary N) is 1. The van der Waals surface area contributed by atoms with Crippen LogP contribution in [0.5, 0.6) is 5.75 Å². The zero-order chi connectivity index (χ0) is 9.14. The highest BCUT2D eigenvalue weighted by atomic mass is 35.5. The molecule has 0 spiro atoms. The Labute approximate surface area is 74.2 Å². The van der Waals surface area contributed by atoms with E-state index >= 15 is 0 Å². The van der Waals surface area contributed by atoms with Crippen LogP contribution >= 0.6 is 11.6 Å². The number of carbonyl (C=O) groups excluding carboxylic acids is 1. The topological polar surface area (TPSA) is 62.2 Å². The maximum absolute atomic E-state index is 10.6. The van der Waals surface area contributed by atoms with Crippen LogP contribution in [0.1, 0.15) is 6.92 Å². The van der Waals surface area contributed by atoms with Crippen molar-refractivity contribution in [2.24, 2.45) is 0 Å². The molecule has 2 N–H and O–H groups in total. The monoisotopic (exact) mass is 186 g/mol. The quantitative estimate of drug-likeness (QED) is 0.652. The largest absolute Gasteiger partial charge is 0.503 e. The van der Waals surface area contributed by atoms with Crippen molar-refractivity contribution in [3.05, 3.63) is 17.4 Å². The van der Waals surface area contributed by atoms with Crippen molar-refractivity contribution in [1.82, 2.24) is 4.98 Å². The van der Waals surface area contributed by atoms with Gasteiger partial charge in [0.1, 0.15) is 0 Å². The number of halogens is 1. The Morgan fingerprint density at radius 1 is 1.75 bits per heavy atom. The maximum Gasteiger partial charge on any atom is 0.221 e. The van der Waals surface area contributed by atoms with Crippen LogP contribution in [0.2, 0.25) is 5.15 Å². The molecule has 1 aromatic rings. The summed E-state index contributed by atoms with van der Waals surface area (Å²) in [6.07, 6.45) is 1.40. The fourth-order valence-corrected chi connectivity index (χ4v) is 0.877. The van der Waals surface area contributed by atoms with Gasteiger partial charge in [-0.2, -0.15) is 0 Å². The molecule has 0 fully saturated rings. The molecule has 0 aliphatic carbocycles. The number of hydrogen-bond donors (Lipinski definition) is 2. The van der Waals surface area contributed by atoms with Crippen molar-refractivity contribution >= 4 is 23.2 Å². The molecule has 1 aromatic heterocycles. The fraction of sp³-hybridized carbons (Fsp3) is 0.143. The summed E-state index contributed by atoms with van der Waals surface area (Å²) in [6, 6.07) is 1.46. The minimum absolute atomic E-state index is 0.0266. The average molecular weight is 187 g/mol. The number of pyridine rings is 1.